The lowest BCUT2D eigenvalue weighted by Crippen LogP contribution is -2.35. The number of carbonyl (C=O) groups is 2. The first kappa shape index (κ1) is 14.1. The lowest BCUT2D eigenvalue weighted by atomic mass is 10.1. The fourth-order valence-corrected chi connectivity index (χ4v) is 2.35. The molecule has 2 rings (SSSR count). The van der Waals surface area contributed by atoms with E-state index in [1.54, 1.807) is 6.07 Å². The molecule has 1 aliphatic heterocycles. The second-order valence-corrected chi connectivity index (χ2v) is 6.46. The summed E-state index contributed by atoms with van der Waals surface area (Å²) in [7, 11) is 0. The summed E-state index contributed by atoms with van der Waals surface area (Å²) in [5.41, 5.74) is 1.06. The van der Waals surface area contributed by atoms with E-state index in [0.29, 0.717) is 12.1 Å². The predicted molar refractivity (Wildman–Crippen MR) is 74.7 cm³/mol. The van der Waals surface area contributed by atoms with Gasteiger partial charge in [0.1, 0.15) is 12.1 Å². The van der Waals surface area contributed by atoms with E-state index < -0.39 is 5.60 Å². The molecule has 1 heterocycles. The van der Waals surface area contributed by atoms with Crippen molar-refractivity contribution in [2.24, 2.45) is 0 Å². The van der Waals surface area contributed by atoms with Crippen LogP contribution in [0.3, 0.4) is 0 Å². The Balaban J connectivity index is 2.06. The maximum absolute atomic E-state index is 12.1. The first-order valence-corrected chi connectivity index (χ1v) is 6.85. The number of hydrogen-bond donors (Lipinski definition) is 0. The quantitative estimate of drug-likeness (QED) is 0.785. The lowest BCUT2D eigenvalue weighted by Gasteiger charge is -2.22. The van der Waals surface area contributed by atoms with Crippen LogP contribution < -0.4 is 0 Å². The molecule has 0 fully saturated rings. The summed E-state index contributed by atoms with van der Waals surface area (Å²) in [6, 6.07) is 5.57. The van der Waals surface area contributed by atoms with E-state index in [-0.39, 0.29) is 18.4 Å². The molecule has 0 N–H and O–H groups in total. The second-order valence-electron chi connectivity index (χ2n) is 5.55. The number of carbonyl (C=O) groups excluding carboxylic acids is 2. The molecule has 102 valence electrons. The molecule has 0 bridgehead atoms. The van der Waals surface area contributed by atoms with Crippen LogP contribution >= 0.6 is 15.9 Å². The summed E-state index contributed by atoms with van der Waals surface area (Å²) >= 11 is 3.34. The van der Waals surface area contributed by atoms with Crippen LogP contribution in [-0.2, 0) is 16.1 Å². The van der Waals surface area contributed by atoms with E-state index in [4.69, 9.17) is 4.74 Å². The minimum absolute atomic E-state index is 0.0115. The van der Waals surface area contributed by atoms with Gasteiger partial charge in [-0.15, -0.1) is 0 Å². The number of rotatable bonds is 2. The monoisotopic (exact) mass is 325 g/mol. The van der Waals surface area contributed by atoms with Crippen molar-refractivity contribution in [1.29, 1.82) is 0 Å². The maximum Gasteiger partial charge on any atom is 0.326 e. The van der Waals surface area contributed by atoms with Crippen molar-refractivity contribution in [3.05, 3.63) is 33.8 Å². The minimum Gasteiger partial charge on any atom is -0.459 e. The summed E-state index contributed by atoms with van der Waals surface area (Å²) in [4.78, 5) is 25.4. The largest absolute Gasteiger partial charge is 0.459 e. The van der Waals surface area contributed by atoms with Crippen molar-refractivity contribution < 1.29 is 14.3 Å². The Bertz CT molecular complexity index is 534. The predicted octanol–water partition coefficient (Wildman–Crippen LogP) is 2.75. The zero-order chi connectivity index (χ0) is 14.2. The fourth-order valence-electron chi connectivity index (χ4n) is 1.99. The topological polar surface area (TPSA) is 46.6 Å². The number of ether oxygens (including phenoxy) is 1. The third-order valence-electron chi connectivity index (χ3n) is 2.69. The Morgan fingerprint density at radius 1 is 1.42 bits per heavy atom. The minimum atomic E-state index is -0.532. The van der Waals surface area contributed by atoms with E-state index in [2.05, 4.69) is 15.9 Å². The number of nitrogens with zero attached hydrogens (tertiary/aromatic N) is 1. The molecule has 19 heavy (non-hydrogen) atoms. The Kier molecular flexibility index (Phi) is 3.67. The molecule has 1 amide bonds. The van der Waals surface area contributed by atoms with Crippen LogP contribution in [0.5, 0.6) is 0 Å². The Morgan fingerprint density at radius 3 is 2.74 bits per heavy atom. The van der Waals surface area contributed by atoms with Crippen LogP contribution in [0.25, 0.3) is 0 Å². The average molecular weight is 326 g/mol. The van der Waals surface area contributed by atoms with Crippen LogP contribution in [0.15, 0.2) is 22.7 Å². The van der Waals surface area contributed by atoms with Crippen LogP contribution in [0, 0.1) is 0 Å². The van der Waals surface area contributed by atoms with E-state index in [0.717, 1.165) is 10.0 Å². The van der Waals surface area contributed by atoms with E-state index in [1.807, 2.05) is 32.9 Å². The molecule has 1 aliphatic rings. The van der Waals surface area contributed by atoms with Gasteiger partial charge >= 0.3 is 5.97 Å². The summed E-state index contributed by atoms with van der Waals surface area (Å²) < 4.78 is 6.09. The van der Waals surface area contributed by atoms with Gasteiger partial charge in [0.15, 0.2) is 0 Å². The molecule has 1 aromatic carbocycles. The number of benzene rings is 1. The molecular weight excluding hydrogens is 310 g/mol. The van der Waals surface area contributed by atoms with E-state index in [9.17, 15) is 9.59 Å². The van der Waals surface area contributed by atoms with Crippen molar-refractivity contribution in [1.82, 2.24) is 4.90 Å². The SMILES string of the molecule is CC(C)(C)OC(=O)CN1Cc2ccc(Br)cc2C1=O. The van der Waals surface area contributed by atoms with E-state index in [1.165, 1.54) is 4.90 Å². The van der Waals surface area contributed by atoms with Gasteiger partial charge in [-0.3, -0.25) is 9.59 Å². The summed E-state index contributed by atoms with van der Waals surface area (Å²) in [6.07, 6.45) is 0. The highest BCUT2D eigenvalue weighted by atomic mass is 79.9. The van der Waals surface area contributed by atoms with Crippen molar-refractivity contribution in [3.63, 3.8) is 0 Å². The van der Waals surface area contributed by atoms with Crippen LogP contribution in [-0.4, -0.2) is 28.9 Å². The van der Waals surface area contributed by atoms with Crippen molar-refractivity contribution in [2.75, 3.05) is 6.54 Å². The van der Waals surface area contributed by atoms with Gasteiger partial charge in [0.2, 0.25) is 0 Å². The Hall–Kier alpha value is -1.36. The normalized spacial score (nSPS) is 14.5. The summed E-state index contributed by atoms with van der Waals surface area (Å²) in [5, 5.41) is 0. The van der Waals surface area contributed by atoms with Crippen LogP contribution in [0.2, 0.25) is 0 Å². The van der Waals surface area contributed by atoms with Gasteiger partial charge in [-0.25, -0.2) is 0 Å². The molecular formula is C14H16BrNO3. The van der Waals surface area contributed by atoms with E-state index >= 15 is 0 Å². The third kappa shape index (κ3) is 3.35. The first-order valence-electron chi connectivity index (χ1n) is 6.06. The molecule has 5 heteroatoms. The molecule has 0 aliphatic carbocycles. The number of halogens is 1. The van der Waals surface area contributed by atoms with Crippen LogP contribution in [0.4, 0.5) is 0 Å². The Labute approximate surface area is 120 Å². The standard InChI is InChI=1S/C14H16BrNO3/c1-14(2,3)19-12(17)8-16-7-9-4-5-10(15)6-11(9)13(16)18/h4-6H,7-8H2,1-3H3. The Morgan fingerprint density at radius 2 is 2.11 bits per heavy atom. The molecule has 1 aromatic rings. The zero-order valence-corrected chi connectivity index (χ0v) is 12.8. The van der Waals surface area contributed by atoms with Gasteiger partial charge < -0.3 is 9.64 Å². The lowest BCUT2D eigenvalue weighted by molar-refractivity contribution is -0.155. The van der Waals surface area contributed by atoms with Gasteiger partial charge in [-0.1, -0.05) is 22.0 Å². The molecule has 0 spiro atoms. The smallest absolute Gasteiger partial charge is 0.326 e. The molecule has 0 aromatic heterocycles. The zero-order valence-electron chi connectivity index (χ0n) is 11.2. The molecule has 0 saturated carbocycles. The molecule has 0 saturated heterocycles. The van der Waals surface area contributed by atoms with Crippen molar-refractivity contribution in [2.45, 2.75) is 32.9 Å². The summed E-state index contributed by atoms with van der Waals surface area (Å²) in [5.74, 6) is -0.505. The first-order chi connectivity index (χ1) is 8.76. The van der Waals surface area contributed by atoms with Gasteiger partial charge in [0.05, 0.1) is 0 Å². The van der Waals surface area contributed by atoms with Crippen molar-refractivity contribution >= 4 is 27.8 Å². The van der Waals surface area contributed by atoms with Gasteiger partial charge in [-0.2, -0.15) is 0 Å². The molecule has 4 nitrogen and oxygen atoms in total. The highest BCUT2D eigenvalue weighted by molar-refractivity contribution is 9.10. The van der Waals surface area contributed by atoms with Gasteiger partial charge in [0, 0.05) is 16.6 Å². The number of hydrogen-bond acceptors (Lipinski definition) is 3. The van der Waals surface area contributed by atoms with Gasteiger partial charge in [-0.05, 0) is 38.5 Å². The highest BCUT2D eigenvalue weighted by Crippen LogP contribution is 2.25. The highest BCUT2D eigenvalue weighted by Gasteiger charge is 2.30. The molecule has 0 atom stereocenters. The molecule has 0 unspecified atom stereocenters. The fraction of sp³-hybridized carbons (Fsp3) is 0.429. The number of fused-ring (bicyclic) bond motifs is 1. The second kappa shape index (κ2) is 4.96. The van der Waals surface area contributed by atoms with Crippen molar-refractivity contribution in [3.8, 4) is 0 Å². The molecule has 0 radical (unpaired) electrons. The summed E-state index contributed by atoms with van der Waals surface area (Å²) in [6.45, 7) is 5.87. The average Bonchev–Trinajstić information content (AvgIpc) is 2.54. The van der Waals surface area contributed by atoms with Gasteiger partial charge in [0.25, 0.3) is 5.91 Å². The third-order valence-corrected chi connectivity index (χ3v) is 3.18. The maximum atomic E-state index is 12.1. The number of esters is 1. The van der Waals surface area contributed by atoms with Crippen LogP contribution in [0.1, 0.15) is 36.7 Å². The number of amides is 1.